The van der Waals surface area contributed by atoms with E-state index in [1.54, 1.807) is 6.08 Å². The van der Waals surface area contributed by atoms with Crippen molar-refractivity contribution in [3.8, 4) is 0 Å². The molecule has 2 rings (SSSR count). The van der Waals surface area contributed by atoms with Gasteiger partial charge in [-0.15, -0.1) is 0 Å². The van der Waals surface area contributed by atoms with Gasteiger partial charge < -0.3 is 11.1 Å². The van der Waals surface area contributed by atoms with Gasteiger partial charge in [0.05, 0.1) is 4.92 Å². The van der Waals surface area contributed by atoms with Crippen molar-refractivity contribution in [3.05, 3.63) is 33.7 Å². The summed E-state index contributed by atoms with van der Waals surface area (Å²) < 4.78 is 0. The fourth-order valence-corrected chi connectivity index (χ4v) is 2.15. The van der Waals surface area contributed by atoms with Crippen LogP contribution in [0.15, 0.2) is 23.5 Å². The topological polar surface area (TPSA) is 132 Å². The molecule has 9 heteroatoms. The van der Waals surface area contributed by atoms with Crippen molar-refractivity contribution in [2.75, 3.05) is 6.54 Å². The van der Waals surface area contributed by atoms with E-state index in [4.69, 9.17) is 10.7 Å². The molecule has 0 saturated carbocycles. The lowest BCUT2D eigenvalue weighted by molar-refractivity contribution is -0.431. The number of hydrogen-bond acceptors (Lipinski definition) is 7. The van der Waals surface area contributed by atoms with Crippen LogP contribution in [0.3, 0.4) is 0 Å². The monoisotopic (exact) mass is 283 g/mol. The smallest absolute Gasteiger partial charge is 0.267 e. The van der Waals surface area contributed by atoms with Gasteiger partial charge in [-0.05, 0) is 18.9 Å². The maximum atomic E-state index is 10.9. The highest BCUT2D eigenvalue weighted by molar-refractivity contribution is 5.73. The molecule has 2 aliphatic rings. The number of amides is 1. The summed E-state index contributed by atoms with van der Waals surface area (Å²) in [6.07, 6.45) is 4.98. The van der Waals surface area contributed by atoms with E-state index in [2.05, 4.69) is 16.3 Å². The Balaban J connectivity index is 1.88. The normalized spacial score (nSPS) is 24.6. The summed E-state index contributed by atoms with van der Waals surface area (Å²) in [7, 11) is 0. The minimum atomic E-state index is -0.525. The second-order valence-electron chi connectivity index (χ2n) is 4.61. The van der Waals surface area contributed by atoms with E-state index < -0.39 is 11.0 Å². The van der Waals surface area contributed by atoms with Crippen LogP contribution in [-0.4, -0.2) is 29.5 Å². The third-order valence-electron chi connectivity index (χ3n) is 3.18. The Bertz CT molecular complexity index is 462. The summed E-state index contributed by atoms with van der Waals surface area (Å²) in [5.74, 6) is -0.310. The van der Waals surface area contributed by atoms with E-state index in [9.17, 15) is 14.9 Å². The summed E-state index contributed by atoms with van der Waals surface area (Å²) in [6.45, 7) is 0.658. The highest BCUT2D eigenvalue weighted by atomic mass is 16.8. The quantitative estimate of drug-likeness (QED) is 0.269. The maximum absolute atomic E-state index is 10.9. The molecular weight excluding hydrogens is 266 g/mol. The van der Waals surface area contributed by atoms with Crippen molar-refractivity contribution < 1.29 is 14.7 Å². The number of nitrogens with two attached hydrogens (primary N) is 1. The molecule has 0 bridgehead atoms. The largest absolute Gasteiger partial charge is 0.387 e. The molecule has 0 aromatic heterocycles. The first kappa shape index (κ1) is 14.4. The molecule has 20 heavy (non-hydrogen) atoms. The number of nitro groups is 1. The molecule has 2 atom stereocenters. The number of hydroxylamine groups is 2. The van der Waals surface area contributed by atoms with Crippen LogP contribution in [0.1, 0.15) is 19.3 Å². The lowest BCUT2D eigenvalue weighted by Crippen LogP contribution is -2.44. The Morgan fingerprint density at radius 1 is 1.40 bits per heavy atom. The third kappa shape index (κ3) is 3.32. The van der Waals surface area contributed by atoms with Crippen LogP contribution in [0.25, 0.3) is 0 Å². The zero-order valence-corrected chi connectivity index (χ0v) is 10.8. The van der Waals surface area contributed by atoms with Gasteiger partial charge in [0.25, 0.3) is 5.70 Å². The predicted octanol–water partition coefficient (Wildman–Crippen LogP) is -0.934. The first-order valence-electron chi connectivity index (χ1n) is 6.35. The van der Waals surface area contributed by atoms with E-state index in [1.165, 1.54) is 6.08 Å². The summed E-state index contributed by atoms with van der Waals surface area (Å²) >= 11 is 0. The van der Waals surface area contributed by atoms with Crippen LogP contribution in [0.4, 0.5) is 0 Å². The fraction of sp³-hybridized carbons (Fsp3) is 0.545. The molecule has 1 fully saturated rings. The molecule has 1 heterocycles. The van der Waals surface area contributed by atoms with Crippen LogP contribution in [0, 0.1) is 10.1 Å². The Labute approximate surface area is 115 Å². The Hall–Kier alpha value is -1.97. The minimum absolute atomic E-state index is 0.0549. The van der Waals surface area contributed by atoms with Gasteiger partial charge in [-0.25, -0.2) is 4.94 Å². The van der Waals surface area contributed by atoms with Gasteiger partial charge >= 0.3 is 0 Å². The summed E-state index contributed by atoms with van der Waals surface area (Å²) in [6, 6.07) is -0.848. The van der Waals surface area contributed by atoms with Crippen LogP contribution in [0.2, 0.25) is 0 Å². The molecule has 1 aliphatic carbocycles. The molecule has 0 aromatic carbocycles. The number of fused-ring (bicyclic) bond motifs is 1. The van der Waals surface area contributed by atoms with Gasteiger partial charge in [-0.3, -0.25) is 14.9 Å². The van der Waals surface area contributed by atoms with Crippen LogP contribution in [0.5, 0.6) is 0 Å². The Kier molecular flexibility index (Phi) is 4.66. The molecule has 2 unspecified atom stereocenters. The van der Waals surface area contributed by atoms with Gasteiger partial charge in [-0.2, -0.15) is 11.0 Å². The molecule has 1 saturated heterocycles. The second kappa shape index (κ2) is 6.46. The van der Waals surface area contributed by atoms with Gasteiger partial charge in [0.2, 0.25) is 5.91 Å². The first-order chi connectivity index (χ1) is 9.59. The van der Waals surface area contributed by atoms with Gasteiger partial charge in [0.1, 0.15) is 12.1 Å². The highest BCUT2D eigenvalue weighted by Crippen LogP contribution is 2.22. The molecule has 1 amide bonds. The summed E-state index contributed by atoms with van der Waals surface area (Å²) in [5.41, 5.74) is 11.2. The number of carbonyl (C=O) groups is 1. The predicted molar refractivity (Wildman–Crippen MR) is 69.1 cm³/mol. The number of unbranched alkanes of at least 4 members (excludes halogenated alkanes) is 1. The minimum Gasteiger partial charge on any atom is -0.387 e. The van der Waals surface area contributed by atoms with Crippen LogP contribution >= 0.6 is 0 Å². The van der Waals surface area contributed by atoms with Crippen molar-refractivity contribution >= 4 is 5.91 Å². The standard InChI is InChI=1S/C11H17N5O4/c12-9(17)3-1-2-6-13-7-4-5-8(16(18)19)11-10(7)14-20-15-11/h4-5,10-11,13-15H,1-3,6H2,(H2,12,17). The maximum Gasteiger partial charge on any atom is 0.267 e. The SMILES string of the molecule is NC(=O)CCCCNC1=CC=C([N+](=O)[O-])C2NONC12. The lowest BCUT2D eigenvalue weighted by atomic mass is 9.98. The average Bonchev–Trinajstić information content (AvgIpc) is 2.86. The zero-order chi connectivity index (χ0) is 14.5. The summed E-state index contributed by atoms with van der Waals surface area (Å²) in [5, 5.41) is 14.1. The van der Waals surface area contributed by atoms with E-state index in [1.807, 2.05) is 0 Å². The first-order valence-corrected chi connectivity index (χ1v) is 6.35. The molecule has 1 aliphatic heterocycles. The lowest BCUT2D eigenvalue weighted by Gasteiger charge is -2.22. The van der Waals surface area contributed by atoms with Crippen molar-refractivity contribution in [2.24, 2.45) is 5.73 Å². The van der Waals surface area contributed by atoms with Gasteiger partial charge in [0.15, 0.2) is 0 Å². The Morgan fingerprint density at radius 2 is 2.15 bits per heavy atom. The van der Waals surface area contributed by atoms with E-state index in [0.717, 1.165) is 12.1 Å². The molecule has 0 aromatic rings. The number of primary amides is 1. The van der Waals surface area contributed by atoms with Crippen LogP contribution in [-0.2, 0) is 9.73 Å². The highest BCUT2D eigenvalue weighted by Gasteiger charge is 2.41. The summed E-state index contributed by atoms with van der Waals surface area (Å²) in [4.78, 5) is 25.9. The van der Waals surface area contributed by atoms with Crippen molar-refractivity contribution in [3.63, 3.8) is 0 Å². The third-order valence-corrected chi connectivity index (χ3v) is 3.18. The van der Waals surface area contributed by atoms with Crippen molar-refractivity contribution in [1.82, 2.24) is 16.3 Å². The number of allylic oxidation sites excluding steroid dienone is 2. The molecule has 0 spiro atoms. The van der Waals surface area contributed by atoms with Gasteiger partial charge in [0, 0.05) is 24.7 Å². The molecule has 5 N–H and O–H groups in total. The number of rotatable bonds is 7. The Morgan fingerprint density at radius 3 is 2.85 bits per heavy atom. The van der Waals surface area contributed by atoms with E-state index in [0.29, 0.717) is 19.4 Å². The number of nitrogens with zero attached hydrogens (tertiary/aromatic N) is 1. The molecule has 0 radical (unpaired) electrons. The van der Waals surface area contributed by atoms with Crippen molar-refractivity contribution in [2.45, 2.75) is 31.3 Å². The van der Waals surface area contributed by atoms with Crippen LogP contribution < -0.4 is 22.0 Å². The van der Waals surface area contributed by atoms with E-state index in [-0.39, 0.29) is 17.6 Å². The fourth-order valence-electron chi connectivity index (χ4n) is 2.15. The number of carbonyl (C=O) groups excluding carboxylic acids is 1. The zero-order valence-electron chi connectivity index (χ0n) is 10.8. The number of nitrogens with one attached hydrogen (secondary N) is 3. The molecule has 9 nitrogen and oxygen atoms in total. The average molecular weight is 283 g/mol. The molecule has 110 valence electrons. The number of hydrogen-bond donors (Lipinski definition) is 4. The van der Waals surface area contributed by atoms with Crippen molar-refractivity contribution in [1.29, 1.82) is 0 Å². The molecular formula is C11H17N5O4. The van der Waals surface area contributed by atoms with Gasteiger partial charge in [-0.1, -0.05) is 0 Å². The second-order valence-corrected chi connectivity index (χ2v) is 4.61. The van der Waals surface area contributed by atoms with E-state index >= 15 is 0 Å².